The number of hydrogen-bond acceptors (Lipinski definition) is 2. The van der Waals surface area contributed by atoms with E-state index in [4.69, 9.17) is 4.74 Å². The first kappa shape index (κ1) is 16.0. The van der Waals surface area contributed by atoms with Crippen LogP contribution in [0.3, 0.4) is 0 Å². The van der Waals surface area contributed by atoms with E-state index in [-0.39, 0.29) is 0 Å². The molecule has 0 saturated heterocycles. The molecular weight excluding hydrogens is 260 g/mol. The molecule has 0 unspecified atom stereocenters. The molecule has 0 saturated carbocycles. The zero-order valence-electron chi connectivity index (χ0n) is 12.8. The molecule has 1 atom stereocenters. The van der Waals surface area contributed by atoms with Crippen LogP contribution in [0.4, 0.5) is 0 Å². The maximum Gasteiger partial charge on any atom is 0.0891 e. The number of ether oxygens (including phenoxy) is 1. The largest absolute Gasteiger partial charge is 0.385 e. The number of hydrogen-bond donors (Lipinski definition) is 1. The van der Waals surface area contributed by atoms with Crippen molar-refractivity contribution in [2.24, 2.45) is 0 Å². The second-order valence-electron chi connectivity index (χ2n) is 5.79. The lowest BCUT2D eigenvalue weighted by Crippen LogP contribution is -2.32. The first-order valence-electron chi connectivity index (χ1n) is 7.89. The van der Waals surface area contributed by atoms with Crippen LogP contribution in [0.25, 0.3) is 0 Å². The highest BCUT2D eigenvalue weighted by atomic mass is 16.5. The van der Waals surface area contributed by atoms with Gasteiger partial charge in [0.25, 0.3) is 0 Å². The number of aliphatic hydroxyl groups is 1. The van der Waals surface area contributed by atoms with Gasteiger partial charge < -0.3 is 9.84 Å². The lowest BCUT2D eigenvalue weighted by molar-refractivity contribution is 0.0578. The van der Waals surface area contributed by atoms with E-state index < -0.39 is 5.60 Å². The van der Waals surface area contributed by atoms with Gasteiger partial charge in [0, 0.05) is 6.61 Å². The van der Waals surface area contributed by atoms with Crippen molar-refractivity contribution in [3.63, 3.8) is 0 Å². The SMILES string of the molecule is C=CC[C@@]1(O)CCCC=C1CCCOCc1ccccc1. The van der Waals surface area contributed by atoms with E-state index in [1.807, 2.05) is 24.3 Å². The Kier molecular flexibility index (Phi) is 6.21. The summed E-state index contributed by atoms with van der Waals surface area (Å²) in [6.07, 6.45) is 9.57. The van der Waals surface area contributed by atoms with Crippen molar-refractivity contribution < 1.29 is 9.84 Å². The normalized spacial score (nSPS) is 21.9. The van der Waals surface area contributed by atoms with Crippen LogP contribution in [0.15, 0.2) is 54.6 Å². The predicted molar refractivity (Wildman–Crippen MR) is 87.0 cm³/mol. The fourth-order valence-corrected chi connectivity index (χ4v) is 2.96. The molecule has 2 rings (SSSR count). The average Bonchev–Trinajstić information content (AvgIpc) is 2.50. The first-order chi connectivity index (χ1) is 10.2. The second-order valence-corrected chi connectivity index (χ2v) is 5.79. The molecule has 0 amide bonds. The summed E-state index contributed by atoms with van der Waals surface area (Å²) in [4.78, 5) is 0. The highest BCUT2D eigenvalue weighted by Gasteiger charge is 2.31. The van der Waals surface area contributed by atoms with Crippen molar-refractivity contribution in [1.29, 1.82) is 0 Å². The molecule has 2 heteroatoms. The number of rotatable bonds is 8. The molecule has 1 aromatic carbocycles. The molecule has 0 radical (unpaired) electrons. The average molecular weight is 286 g/mol. The van der Waals surface area contributed by atoms with E-state index in [1.54, 1.807) is 0 Å². The second kappa shape index (κ2) is 8.16. The molecule has 2 nitrogen and oxygen atoms in total. The van der Waals surface area contributed by atoms with Crippen molar-refractivity contribution >= 4 is 0 Å². The fourth-order valence-electron chi connectivity index (χ4n) is 2.96. The van der Waals surface area contributed by atoms with Crippen LogP contribution < -0.4 is 0 Å². The molecular formula is C19H26O2. The van der Waals surface area contributed by atoms with Crippen molar-refractivity contribution in [3.8, 4) is 0 Å². The first-order valence-corrected chi connectivity index (χ1v) is 7.89. The molecule has 1 aliphatic rings. The molecule has 1 aliphatic carbocycles. The molecule has 0 spiro atoms. The smallest absolute Gasteiger partial charge is 0.0891 e. The Bertz CT molecular complexity index is 464. The monoisotopic (exact) mass is 286 g/mol. The standard InChI is InChI=1S/C19H26O2/c1-2-13-19(20)14-7-6-11-18(19)12-8-15-21-16-17-9-4-3-5-10-17/h2-5,9-11,20H,1,6-8,12-16H2/t19-/m1/s1. The van der Waals surface area contributed by atoms with Gasteiger partial charge in [0.2, 0.25) is 0 Å². The van der Waals surface area contributed by atoms with Gasteiger partial charge in [-0.2, -0.15) is 0 Å². The Hall–Kier alpha value is -1.38. The Balaban J connectivity index is 1.72. The number of benzene rings is 1. The van der Waals surface area contributed by atoms with E-state index in [2.05, 4.69) is 24.8 Å². The van der Waals surface area contributed by atoms with E-state index in [0.29, 0.717) is 13.0 Å². The summed E-state index contributed by atoms with van der Waals surface area (Å²) in [7, 11) is 0. The van der Waals surface area contributed by atoms with Gasteiger partial charge in [0.1, 0.15) is 0 Å². The zero-order valence-corrected chi connectivity index (χ0v) is 12.8. The van der Waals surface area contributed by atoms with Crippen LogP contribution in [0.2, 0.25) is 0 Å². The summed E-state index contributed by atoms with van der Waals surface area (Å²) in [5, 5.41) is 10.7. The summed E-state index contributed by atoms with van der Waals surface area (Å²) in [5.74, 6) is 0. The summed E-state index contributed by atoms with van der Waals surface area (Å²) >= 11 is 0. The van der Waals surface area contributed by atoms with Crippen LogP contribution >= 0.6 is 0 Å². The maximum absolute atomic E-state index is 10.7. The fraction of sp³-hybridized carbons (Fsp3) is 0.474. The molecule has 0 bridgehead atoms. The van der Waals surface area contributed by atoms with Crippen molar-refractivity contribution in [2.75, 3.05) is 6.61 Å². The van der Waals surface area contributed by atoms with Gasteiger partial charge in [-0.3, -0.25) is 0 Å². The van der Waals surface area contributed by atoms with Gasteiger partial charge >= 0.3 is 0 Å². The van der Waals surface area contributed by atoms with Crippen molar-refractivity contribution in [3.05, 3.63) is 60.2 Å². The third-order valence-electron chi connectivity index (χ3n) is 4.11. The van der Waals surface area contributed by atoms with Gasteiger partial charge in [-0.1, -0.05) is 42.5 Å². The van der Waals surface area contributed by atoms with Gasteiger partial charge in [0.15, 0.2) is 0 Å². The van der Waals surface area contributed by atoms with E-state index in [1.165, 1.54) is 11.1 Å². The Morgan fingerprint density at radius 3 is 2.86 bits per heavy atom. The minimum atomic E-state index is -0.653. The summed E-state index contributed by atoms with van der Waals surface area (Å²) in [6, 6.07) is 10.2. The third-order valence-corrected chi connectivity index (χ3v) is 4.11. The van der Waals surface area contributed by atoms with Gasteiger partial charge in [0.05, 0.1) is 12.2 Å². The van der Waals surface area contributed by atoms with Crippen LogP contribution in [-0.4, -0.2) is 17.3 Å². The molecule has 114 valence electrons. The molecule has 0 aromatic heterocycles. The van der Waals surface area contributed by atoms with Gasteiger partial charge in [-0.25, -0.2) is 0 Å². The van der Waals surface area contributed by atoms with E-state index in [9.17, 15) is 5.11 Å². The number of allylic oxidation sites excluding steroid dienone is 1. The highest BCUT2D eigenvalue weighted by molar-refractivity contribution is 5.21. The van der Waals surface area contributed by atoms with Crippen LogP contribution in [0, 0.1) is 0 Å². The Morgan fingerprint density at radius 1 is 1.29 bits per heavy atom. The van der Waals surface area contributed by atoms with E-state index in [0.717, 1.165) is 38.7 Å². The van der Waals surface area contributed by atoms with Crippen LogP contribution in [-0.2, 0) is 11.3 Å². The van der Waals surface area contributed by atoms with Gasteiger partial charge in [-0.15, -0.1) is 6.58 Å². The Labute approximate surface area is 128 Å². The highest BCUT2D eigenvalue weighted by Crippen LogP contribution is 2.35. The molecule has 1 N–H and O–H groups in total. The summed E-state index contributed by atoms with van der Waals surface area (Å²) < 4.78 is 5.71. The minimum absolute atomic E-state index is 0.653. The maximum atomic E-state index is 10.7. The molecule has 0 fully saturated rings. The third kappa shape index (κ3) is 4.83. The molecule has 0 aliphatic heterocycles. The lowest BCUT2D eigenvalue weighted by atomic mass is 9.79. The zero-order chi connectivity index (χ0) is 15.0. The predicted octanol–water partition coefficient (Wildman–Crippen LogP) is 4.40. The molecule has 21 heavy (non-hydrogen) atoms. The van der Waals surface area contributed by atoms with Crippen molar-refractivity contribution in [2.45, 2.75) is 50.7 Å². The topological polar surface area (TPSA) is 29.5 Å². The molecule has 1 aromatic rings. The van der Waals surface area contributed by atoms with Crippen LogP contribution in [0.5, 0.6) is 0 Å². The summed E-state index contributed by atoms with van der Waals surface area (Å²) in [5.41, 5.74) is 1.73. The summed E-state index contributed by atoms with van der Waals surface area (Å²) in [6.45, 7) is 5.16. The van der Waals surface area contributed by atoms with Crippen LogP contribution in [0.1, 0.15) is 44.1 Å². The minimum Gasteiger partial charge on any atom is -0.385 e. The lowest BCUT2D eigenvalue weighted by Gasteiger charge is -2.33. The van der Waals surface area contributed by atoms with Gasteiger partial charge in [-0.05, 0) is 49.7 Å². The molecule has 0 heterocycles. The Morgan fingerprint density at radius 2 is 2.10 bits per heavy atom. The van der Waals surface area contributed by atoms with Crippen molar-refractivity contribution in [1.82, 2.24) is 0 Å². The van der Waals surface area contributed by atoms with E-state index >= 15 is 0 Å². The quantitative estimate of drug-likeness (QED) is 0.567.